The molecule has 1 aromatic heterocycles. The van der Waals surface area contributed by atoms with E-state index in [1.54, 1.807) is 6.20 Å². The first-order chi connectivity index (χ1) is 10.8. The molecule has 1 aromatic rings. The lowest BCUT2D eigenvalue weighted by Crippen LogP contribution is -2.46. The molecule has 2 aliphatic rings. The van der Waals surface area contributed by atoms with Gasteiger partial charge in [0, 0.05) is 11.8 Å². The van der Waals surface area contributed by atoms with Crippen molar-refractivity contribution in [2.75, 3.05) is 13.2 Å². The number of hydrogen-bond donors (Lipinski definition) is 2. The van der Waals surface area contributed by atoms with Crippen LogP contribution in [0, 0.1) is 5.92 Å². The quantitative estimate of drug-likeness (QED) is 0.892. The van der Waals surface area contributed by atoms with E-state index in [0.717, 1.165) is 18.4 Å². The topological polar surface area (TPSA) is 71.5 Å². The third-order valence-electron chi connectivity index (χ3n) is 4.88. The van der Waals surface area contributed by atoms with Crippen molar-refractivity contribution in [3.05, 3.63) is 23.9 Å². The normalized spacial score (nSPS) is 23.2. The molecule has 0 radical (unpaired) electrons. The first-order valence-corrected chi connectivity index (χ1v) is 8.28. The number of aliphatic hydroxyl groups is 1. The zero-order valence-corrected chi connectivity index (χ0v) is 12.8. The van der Waals surface area contributed by atoms with Crippen molar-refractivity contribution in [3.63, 3.8) is 0 Å². The van der Waals surface area contributed by atoms with Gasteiger partial charge in [0.1, 0.15) is 0 Å². The van der Waals surface area contributed by atoms with E-state index in [1.807, 2.05) is 12.1 Å². The lowest BCUT2D eigenvalue weighted by Gasteiger charge is -2.32. The van der Waals surface area contributed by atoms with E-state index in [-0.39, 0.29) is 24.5 Å². The van der Waals surface area contributed by atoms with Gasteiger partial charge in [0.15, 0.2) is 0 Å². The van der Waals surface area contributed by atoms with Crippen LogP contribution in [0.1, 0.15) is 50.0 Å². The molecule has 1 aliphatic carbocycles. The van der Waals surface area contributed by atoms with Gasteiger partial charge in [-0.1, -0.05) is 25.3 Å². The molecule has 1 aliphatic heterocycles. The number of aliphatic hydroxyl groups excluding tert-OH is 1. The van der Waals surface area contributed by atoms with Gasteiger partial charge in [-0.05, 0) is 31.2 Å². The second kappa shape index (κ2) is 7.09. The zero-order chi connectivity index (χ0) is 15.4. The lowest BCUT2D eigenvalue weighted by molar-refractivity contribution is -0.124. The summed E-state index contributed by atoms with van der Waals surface area (Å²) in [6.45, 7) is 0.523. The highest BCUT2D eigenvalue weighted by Gasteiger charge is 2.31. The third-order valence-corrected chi connectivity index (χ3v) is 4.88. The van der Waals surface area contributed by atoms with Gasteiger partial charge in [-0.2, -0.15) is 0 Å². The van der Waals surface area contributed by atoms with Gasteiger partial charge in [0.2, 0.25) is 11.8 Å². The summed E-state index contributed by atoms with van der Waals surface area (Å²) >= 11 is 0. The molecule has 0 bridgehead atoms. The van der Waals surface area contributed by atoms with Crippen molar-refractivity contribution < 1.29 is 14.6 Å². The number of pyridine rings is 1. The second-order valence-electron chi connectivity index (χ2n) is 6.28. The van der Waals surface area contributed by atoms with Crippen LogP contribution in [0.2, 0.25) is 0 Å². The molecule has 1 saturated carbocycles. The number of carbonyl (C=O) groups is 1. The van der Waals surface area contributed by atoms with E-state index in [2.05, 4.69) is 10.3 Å². The smallest absolute Gasteiger partial charge is 0.228 e. The molecule has 0 saturated heterocycles. The summed E-state index contributed by atoms with van der Waals surface area (Å²) < 4.78 is 5.51. The summed E-state index contributed by atoms with van der Waals surface area (Å²) in [4.78, 5) is 16.9. The van der Waals surface area contributed by atoms with Gasteiger partial charge < -0.3 is 15.2 Å². The summed E-state index contributed by atoms with van der Waals surface area (Å²) in [5.41, 5.74) is 0.853. The molecule has 5 heteroatoms. The van der Waals surface area contributed by atoms with Crippen LogP contribution in [-0.4, -0.2) is 35.3 Å². The Bertz CT molecular complexity index is 514. The Labute approximate surface area is 131 Å². The van der Waals surface area contributed by atoms with Gasteiger partial charge >= 0.3 is 0 Å². The summed E-state index contributed by atoms with van der Waals surface area (Å²) in [5, 5.41) is 12.7. The minimum Gasteiger partial charge on any atom is -0.477 e. The third kappa shape index (κ3) is 3.24. The van der Waals surface area contributed by atoms with Crippen LogP contribution in [0.15, 0.2) is 18.3 Å². The predicted molar refractivity (Wildman–Crippen MR) is 82.7 cm³/mol. The van der Waals surface area contributed by atoms with Crippen molar-refractivity contribution in [3.8, 4) is 5.88 Å². The highest BCUT2D eigenvalue weighted by Crippen LogP contribution is 2.32. The van der Waals surface area contributed by atoms with E-state index in [1.165, 1.54) is 19.3 Å². The van der Waals surface area contributed by atoms with E-state index < -0.39 is 0 Å². The number of hydrogen-bond acceptors (Lipinski definition) is 4. The van der Waals surface area contributed by atoms with E-state index in [0.29, 0.717) is 24.8 Å². The SMILES string of the molecule is O=C(N[C@H](CO)C1CCCCC1)C1CCOc2ncccc21. The fourth-order valence-electron chi connectivity index (χ4n) is 3.62. The first kappa shape index (κ1) is 15.3. The van der Waals surface area contributed by atoms with Gasteiger partial charge in [-0.3, -0.25) is 4.79 Å². The van der Waals surface area contributed by atoms with Gasteiger partial charge in [0.25, 0.3) is 0 Å². The number of rotatable bonds is 4. The summed E-state index contributed by atoms with van der Waals surface area (Å²) in [7, 11) is 0. The molecule has 1 unspecified atom stereocenters. The molecule has 2 atom stereocenters. The highest BCUT2D eigenvalue weighted by molar-refractivity contribution is 5.84. The van der Waals surface area contributed by atoms with Gasteiger partial charge in [-0.25, -0.2) is 4.98 Å². The Balaban J connectivity index is 1.68. The van der Waals surface area contributed by atoms with Crippen molar-refractivity contribution in [1.29, 1.82) is 0 Å². The van der Waals surface area contributed by atoms with E-state index >= 15 is 0 Å². The van der Waals surface area contributed by atoms with Crippen LogP contribution in [0.4, 0.5) is 0 Å². The standard InChI is InChI=1S/C17H24N2O3/c20-11-15(12-5-2-1-3-6-12)19-16(21)13-8-10-22-17-14(13)7-4-9-18-17/h4,7,9,12-13,15,20H,1-3,5-6,8,10-11H2,(H,19,21)/t13?,15-/m1/s1. The summed E-state index contributed by atoms with van der Waals surface area (Å²) in [5.74, 6) is 0.722. The minimum absolute atomic E-state index is 0.0119. The average Bonchev–Trinajstić information content (AvgIpc) is 2.59. The number of amides is 1. The molecule has 2 N–H and O–H groups in total. The van der Waals surface area contributed by atoms with Crippen LogP contribution < -0.4 is 10.1 Å². The zero-order valence-electron chi connectivity index (χ0n) is 12.8. The maximum absolute atomic E-state index is 12.7. The summed E-state index contributed by atoms with van der Waals surface area (Å²) in [6.07, 6.45) is 8.18. The van der Waals surface area contributed by atoms with Crippen molar-refractivity contribution >= 4 is 5.91 Å². The Morgan fingerprint density at radius 2 is 2.18 bits per heavy atom. The van der Waals surface area contributed by atoms with Crippen LogP contribution in [0.5, 0.6) is 5.88 Å². The molecule has 5 nitrogen and oxygen atoms in total. The predicted octanol–water partition coefficient (Wildman–Crippen LogP) is 2.01. The highest BCUT2D eigenvalue weighted by atomic mass is 16.5. The summed E-state index contributed by atoms with van der Waals surface area (Å²) in [6, 6.07) is 3.61. The monoisotopic (exact) mass is 304 g/mol. The molecular weight excluding hydrogens is 280 g/mol. The number of aromatic nitrogens is 1. The van der Waals surface area contributed by atoms with E-state index in [4.69, 9.17) is 4.74 Å². The van der Waals surface area contributed by atoms with Crippen LogP contribution >= 0.6 is 0 Å². The van der Waals surface area contributed by atoms with Gasteiger partial charge in [-0.15, -0.1) is 0 Å². The first-order valence-electron chi connectivity index (χ1n) is 8.28. The molecule has 120 valence electrons. The number of ether oxygens (including phenoxy) is 1. The Morgan fingerprint density at radius 3 is 2.95 bits per heavy atom. The molecule has 2 heterocycles. The van der Waals surface area contributed by atoms with Crippen molar-refractivity contribution in [1.82, 2.24) is 10.3 Å². The Hall–Kier alpha value is -1.62. The molecule has 1 amide bonds. The molecular formula is C17H24N2O3. The van der Waals surface area contributed by atoms with Crippen LogP contribution in [0.25, 0.3) is 0 Å². The molecule has 1 fully saturated rings. The van der Waals surface area contributed by atoms with E-state index in [9.17, 15) is 9.90 Å². The van der Waals surface area contributed by atoms with Gasteiger partial charge in [0.05, 0.1) is 25.2 Å². The van der Waals surface area contributed by atoms with Crippen molar-refractivity contribution in [2.45, 2.75) is 50.5 Å². The molecule has 0 aromatic carbocycles. The fraction of sp³-hybridized carbons (Fsp3) is 0.647. The molecule has 3 rings (SSSR count). The number of nitrogens with one attached hydrogen (secondary N) is 1. The van der Waals surface area contributed by atoms with Crippen LogP contribution in [0.3, 0.4) is 0 Å². The van der Waals surface area contributed by atoms with Crippen molar-refractivity contribution in [2.24, 2.45) is 5.92 Å². The fourth-order valence-corrected chi connectivity index (χ4v) is 3.62. The van der Waals surface area contributed by atoms with Crippen LogP contribution in [-0.2, 0) is 4.79 Å². The Morgan fingerprint density at radius 1 is 1.36 bits per heavy atom. The minimum atomic E-state index is -0.227. The maximum Gasteiger partial charge on any atom is 0.228 e. The average molecular weight is 304 g/mol. The second-order valence-corrected chi connectivity index (χ2v) is 6.28. The number of nitrogens with zero attached hydrogens (tertiary/aromatic N) is 1. The molecule has 22 heavy (non-hydrogen) atoms. The number of carbonyl (C=O) groups excluding carboxylic acids is 1. The number of fused-ring (bicyclic) bond motifs is 1. The molecule has 0 spiro atoms. The lowest BCUT2D eigenvalue weighted by atomic mass is 9.83. The largest absolute Gasteiger partial charge is 0.477 e. The Kier molecular flexibility index (Phi) is 4.93. The maximum atomic E-state index is 12.7.